The molecule has 1 N–H and O–H groups in total. The minimum atomic E-state index is -0.695. The summed E-state index contributed by atoms with van der Waals surface area (Å²) in [5.41, 5.74) is -0.219. The van der Waals surface area contributed by atoms with Gasteiger partial charge in [0.05, 0.1) is 24.4 Å². The number of likely N-dealkylation sites (N-methyl/N-ethyl adjacent to an activating group) is 1. The van der Waals surface area contributed by atoms with E-state index in [0.29, 0.717) is 69.9 Å². The molecule has 1 atom stereocenters. The average molecular weight is 362 g/mol. The zero-order chi connectivity index (χ0) is 18.5. The van der Waals surface area contributed by atoms with Crippen molar-refractivity contribution in [2.24, 2.45) is 0 Å². The third-order valence-corrected chi connectivity index (χ3v) is 5.93. The van der Waals surface area contributed by atoms with Gasteiger partial charge in [0, 0.05) is 39.2 Å². The Morgan fingerprint density at radius 2 is 1.96 bits per heavy atom. The molecule has 2 saturated heterocycles. The maximum absolute atomic E-state index is 12.8. The molecule has 26 heavy (non-hydrogen) atoms. The molecule has 1 aromatic rings. The van der Waals surface area contributed by atoms with Crippen molar-refractivity contribution in [2.45, 2.75) is 50.4 Å². The number of likely N-dealkylation sites (tertiary alicyclic amines) is 1. The summed E-state index contributed by atoms with van der Waals surface area (Å²) in [7, 11) is 1.75. The van der Waals surface area contributed by atoms with E-state index in [1.165, 1.54) is 0 Å². The lowest BCUT2D eigenvalue weighted by Crippen LogP contribution is -2.54. The molecule has 8 nitrogen and oxygen atoms in total. The van der Waals surface area contributed by atoms with E-state index in [1.807, 2.05) is 6.92 Å². The Morgan fingerprint density at radius 3 is 2.65 bits per heavy atom. The van der Waals surface area contributed by atoms with Crippen molar-refractivity contribution in [1.29, 1.82) is 0 Å². The van der Waals surface area contributed by atoms with Gasteiger partial charge in [-0.25, -0.2) is 0 Å². The van der Waals surface area contributed by atoms with Crippen LogP contribution in [-0.2, 0) is 11.3 Å². The van der Waals surface area contributed by atoms with Crippen LogP contribution in [0, 0.1) is 0 Å². The molecule has 1 spiro atoms. The summed E-state index contributed by atoms with van der Waals surface area (Å²) in [5.74, 6) is -0.238. The quantitative estimate of drug-likeness (QED) is 0.786. The Bertz CT molecular complexity index is 734. The zero-order valence-corrected chi connectivity index (χ0v) is 15.4. The lowest BCUT2D eigenvalue weighted by Gasteiger charge is -2.48. The molecule has 8 heteroatoms. The van der Waals surface area contributed by atoms with E-state index in [1.54, 1.807) is 27.6 Å². The molecule has 4 rings (SSSR count). The summed E-state index contributed by atoms with van der Waals surface area (Å²) >= 11 is 0. The zero-order valence-electron chi connectivity index (χ0n) is 15.4. The van der Waals surface area contributed by atoms with Crippen LogP contribution in [0.15, 0.2) is 6.07 Å². The number of hydrogen-bond acceptors (Lipinski definition) is 5. The highest BCUT2D eigenvalue weighted by Crippen LogP contribution is 2.39. The average Bonchev–Trinajstić information content (AvgIpc) is 3.02. The number of ether oxygens (including phenoxy) is 1. The van der Waals surface area contributed by atoms with Crippen LogP contribution in [0.2, 0.25) is 0 Å². The van der Waals surface area contributed by atoms with Crippen molar-refractivity contribution in [3.05, 3.63) is 17.5 Å². The van der Waals surface area contributed by atoms with Crippen molar-refractivity contribution < 1.29 is 19.4 Å². The van der Waals surface area contributed by atoms with Crippen molar-refractivity contribution in [3.8, 4) is 0 Å². The van der Waals surface area contributed by atoms with Gasteiger partial charge in [-0.15, -0.1) is 0 Å². The normalized spacial score (nSPS) is 28.3. The number of aromatic nitrogens is 2. The molecular weight excluding hydrogens is 336 g/mol. The second kappa shape index (κ2) is 6.06. The molecule has 0 aromatic carbocycles. The number of fused-ring (bicyclic) bond motifs is 1. The van der Waals surface area contributed by atoms with E-state index in [0.717, 1.165) is 0 Å². The fourth-order valence-corrected chi connectivity index (χ4v) is 4.33. The van der Waals surface area contributed by atoms with Gasteiger partial charge in [-0.3, -0.25) is 14.3 Å². The number of hydrogen-bond donors (Lipinski definition) is 1. The van der Waals surface area contributed by atoms with Gasteiger partial charge in [-0.2, -0.15) is 5.10 Å². The van der Waals surface area contributed by atoms with E-state index in [2.05, 4.69) is 5.10 Å². The Kier molecular flexibility index (Phi) is 4.07. The van der Waals surface area contributed by atoms with E-state index in [4.69, 9.17) is 4.74 Å². The van der Waals surface area contributed by atoms with Gasteiger partial charge in [0.2, 0.25) is 0 Å². The molecule has 4 heterocycles. The summed E-state index contributed by atoms with van der Waals surface area (Å²) in [6.45, 7) is 4.78. The highest BCUT2D eigenvalue weighted by Gasteiger charge is 2.45. The molecule has 0 radical (unpaired) electrons. The molecule has 1 aromatic heterocycles. The van der Waals surface area contributed by atoms with Gasteiger partial charge in [0.25, 0.3) is 11.8 Å². The van der Waals surface area contributed by atoms with Crippen molar-refractivity contribution >= 4 is 11.8 Å². The van der Waals surface area contributed by atoms with Crippen LogP contribution in [0.3, 0.4) is 0 Å². The first-order valence-corrected chi connectivity index (χ1v) is 9.28. The molecule has 0 aliphatic carbocycles. The summed E-state index contributed by atoms with van der Waals surface area (Å²) in [4.78, 5) is 28.5. The number of nitrogens with zero attached hydrogens (tertiary/aromatic N) is 4. The third kappa shape index (κ3) is 3.01. The number of piperidine rings is 1. The number of aliphatic hydroxyl groups is 1. The monoisotopic (exact) mass is 362 g/mol. The molecule has 142 valence electrons. The fourth-order valence-electron chi connectivity index (χ4n) is 4.33. The maximum Gasteiger partial charge on any atom is 0.274 e. The molecule has 2 fully saturated rings. The van der Waals surface area contributed by atoms with Gasteiger partial charge in [-0.1, -0.05) is 0 Å². The molecule has 3 aliphatic heterocycles. The Labute approximate surface area is 152 Å². The molecule has 0 bridgehead atoms. The standard InChI is InChI=1S/C18H26N4O4/c1-17(25)5-10-26-18(12-17)3-6-21(7-4-18)15(23)13-11-14-16(24)20(2)8-9-22(14)19-13/h11,25H,3-10,12H2,1-2H3. The molecule has 0 saturated carbocycles. The maximum atomic E-state index is 12.8. The highest BCUT2D eigenvalue weighted by atomic mass is 16.5. The molecule has 1 unspecified atom stereocenters. The predicted molar refractivity (Wildman–Crippen MR) is 92.9 cm³/mol. The minimum Gasteiger partial charge on any atom is -0.390 e. The Hall–Kier alpha value is -1.93. The van der Waals surface area contributed by atoms with Crippen molar-refractivity contribution in [3.63, 3.8) is 0 Å². The van der Waals surface area contributed by atoms with Crippen molar-refractivity contribution in [2.75, 3.05) is 33.3 Å². The van der Waals surface area contributed by atoms with Crippen LogP contribution in [0.4, 0.5) is 0 Å². The summed E-state index contributed by atoms with van der Waals surface area (Å²) in [6.07, 6.45) is 2.69. The van der Waals surface area contributed by atoms with E-state index in [-0.39, 0.29) is 17.4 Å². The van der Waals surface area contributed by atoms with E-state index >= 15 is 0 Å². The topological polar surface area (TPSA) is 87.9 Å². The van der Waals surface area contributed by atoms with Gasteiger partial charge in [0.15, 0.2) is 5.69 Å². The van der Waals surface area contributed by atoms with Crippen LogP contribution in [0.25, 0.3) is 0 Å². The van der Waals surface area contributed by atoms with Crippen LogP contribution in [-0.4, -0.2) is 81.0 Å². The van der Waals surface area contributed by atoms with Crippen LogP contribution in [0.5, 0.6) is 0 Å². The second-order valence-corrected chi connectivity index (χ2v) is 8.11. The highest BCUT2D eigenvalue weighted by molar-refractivity contribution is 5.98. The van der Waals surface area contributed by atoms with Gasteiger partial charge < -0.3 is 19.6 Å². The molecule has 2 amide bonds. The van der Waals surface area contributed by atoms with E-state index < -0.39 is 5.60 Å². The predicted octanol–water partition coefficient (Wildman–Crippen LogP) is 0.505. The first kappa shape index (κ1) is 17.5. The molecular formula is C18H26N4O4. The lowest BCUT2D eigenvalue weighted by atomic mass is 9.78. The smallest absolute Gasteiger partial charge is 0.274 e. The molecule has 3 aliphatic rings. The van der Waals surface area contributed by atoms with E-state index in [9.17, 15) is 14.7 Å². The van der Waals surface area contributed by atoms with Crippen LogP contribution in [0.1, 0.15) is 53.6 Å². The van der Waals surface area contributed by atoms with Gasteiger partial charge >= 0.3 is 0 Å². The SMILES string of the molecule is CN1CCn2nc(C(=O)N3CCC4(CC3)CC(C)(O)CCO4)cc2C1=O. The van der Waals surface area contributed by atoms with Crippen molar-refractivity contribution in [1.82, 2.24) is 19.6 Å². The first-order chi connectivity index (χ1) is 12.3. The van der Waals surface area contributed by atoms with Gasteiger partial charge in [-0.05, 0) is 26.2 Å². The van der Waals surface area contributed by atoms with Crippen LogP contribution >= 0.6 is 0 Å². The number of rotatable bonds is 1. The lowest BCUT2D eigenvalue weighted by molar-refractivity contribution is -0.170. The van der Waals surface area contributed by atoms with Crippen LogP contribution < -0.4 is 0 Å². The number of carbonyl (C=O) groups excluding carboxylic acids is 2. The Morgan fingerprint density at radius 1 is 1.23 bits per heavy atom. The number of amides is 2. The summed E-state index contributed by atoms with van der Waals surface area (Å²) < 4.78 is 7.63. The second-order valence-electron chi connectivity index (χ2n) is 8.11. The van der Waals surface area contributed by atoms with Gasteiger partial charge in [0.1, 0.15) is 5.69 Å². The minimum absolute atomic E-state index is 0.0989. The summed E-state index contributed by atoms with van der Waals surface area (Å²) in [6, 6.07) is 1.60. The Balaban J connectivity index is 1.45. The first-order valence-electron chi connectivity index (χ1n) is 9.28. The largest absolute Gasteiger partial charge is 0.390 e. The third-order valence-electron chi connectivity index (χ3n) is 5.93. The number of carbonyl (C=O) groups is 2. The fraction of sp³-hybridized carbons (Fsp3) is 0.722. The summed E-state index contributed by atoms with van der Waals surface area (Å²) in [5, 5.41) is 14.7.